The fourth-order valence-corrected chi connectivity index (χ4v) is 3.93. The molecule has 0 atom stereocenters. The molecule has 148 valence electrons. The predicted octanol–water partition coefficient (Wildman–Crippen LogP) is 4.01. The minimum Gasteiger partial charge on any atom is -0.461 e. The van der Waals surface area contributed by atoms with Gasteiger partial charge < -0.3 is 10.2 Å². The maximum absolute atomic E-state index is 6.25. The number of fused-ring (bicyclic) bond motifs is 1. The summed E-state index contributed by atoms with van der Waals surface area (Å²) < 4.78 is 6.93. The van der Waals surface area contributed by atoms with Gasteiger partial charge in [-0.05, 0) is 49.7 Å². The van der Waals surface area contributed by atoms with Gasteiger partial charge in [0.15, 0.2) is 5.76 Å². The van der Waals surface area contributed by atoms with E-state index in [0.717, 1.165) is 17.8 Å². The highest BCUT2D eigenvalue weighted by molar-refractivity contribution is 5.66. The van der Waals surface area contributed by atoms with Crippen molar-refractivity contribution in [1.29, 1.82) is 0 Å². The predicted molar refractivity (Wildman–Crippen MR) is 112 cm³/mol. The molecule has 2 N–H and O–H groups in total. The van der Waals surface area contributed by atoms with Crippen molar-refractivity contribution in [3.8, 4) is 22.8 Å². The van der Waals surface area contributed by atoms with E-state index in [4.69, 9.17) is 15.1 Å². The Labute approximate surface area is 169 Å². The van der Waals surface area contributed by atoms with Crippen LogP contribution in [0, 0.1) is 0 Å². The lowest BCUT2D eigenvalue weighted by atomic mass is 10.1. The molecule has 5 rings (SSSR count). The van der Waals surface area contributed by atoms with Crippen LogP contribution in [0.15, 0.2) is 53.1 Å². The van der Waals surface area contributed by atoms with E-state index in [1.807, 2.05) is 12.1 Å². The third kappa shape index (κ3) is 3.73. The zero-order valence-electron chi connectivity index (χ0n) is 16.3. The summed E-state index contributed by atoms with van der Waals surface area (Å²) in [5.74, 6) is 2.02. The molecule has 7 heteroatoms. The maximum Gasteiger partial charge on any atom is 0.255 e. The molecule has 1 fully saturated rings. The molecule has 0 spiro atoms. The second kappa shape index (κ2) is 7.67. The summed E-state index contributed by atoms with van der Waals surface area (Å²) in [7, 11) is 0. The van der Waals surface area contributed by atoms with Gasteiger partial charge in [0.25, 0.3) is 5.78 Å². The van der Waals surface area contributed by atoms with Crippen LogP contribution in [0.2, 0.25) is 0 Å². The van der Waals surface area contributed by atoms with Crippen molar-refractivity contribution in [2.24, 2.45) is 0 Å². The van der Waals surface area contributed by atoms with Crippen LogP contribution in [-0.2, 0) is 6.54 Å². The van der Waals surface area contributed by atoms with Crippen LogP contribution in [0.3, 0.4) is 0 Å². The lowest BCUT2D eigenvalue weighted by molar-refractivity contribution is 0.277. The average Bonchev–Trinajstić information content (AvgIpc) is 3.34. The first-order valence-corrected chi connectivity index (χ1v) is 10.2. The van der Waals surface area contributed by atoms with Crippen LogP contribution in [0.25, 0.3) is 28.6 Å². The molecule has 4 heterocycles. The van der Waals surface area contributed by atoms with E-state index in [1.165, 1.54) is 44.3 Å². The van der Waals surface area contributed by atoms with Gasteiger partial charge in [-0.15, -0.1) is 5.10 Å². The quantitative estimate of drug-likeness (QED) is 0.568. The van der Waals surface area contributed by atoms with Crippen molar-refractivity contribution >= 4 is 11.6 Å². The standard InChI is InChI=1S/C22H24N6O/c23-20-14-18(24-22-25-21(26-28(20)22)19-9-6-12-29-19)17-8-5-7-16(13-17)15-27-10-3-1-2-4-11-27/h5-9,12-14H,1-4,10-11,15,23H2. The number of likely N-dealkylation sites (tertiary alicyclic amines) is 1. The molecule has 0 bridgehead atoms. The number of nitrogens with zero attached hydrogens (tertiary/aromatic N) is 5. The van der Waals surface area contributed by atoms with E-state index in [1.54, 1.807) is 16.8 Å². The topological polar surface area (TPSA) is 85.5 Å². The molecule has 0 aliphatic carbocycles. The van der Waals surface area contributed by atoms with Gasteiger partial charge in [0.2, 0.25) is 5.82 Å². The first-order valence-electron chi connectivity index (χ1n) is 10.2. The Morgan fingerprint density at radius 1 is 0.966 bits per heavy atom. The number of anilines is 1. The molecule has 0 radical (unpaired) electrons. The third-order valence-electron chi connectivity index (χ3n) is 5.41. The first-order chi connectivity index (χ1) is 14.3. The Kier molecular flexibility index (Phi) is 4.73. The van der Waals surface area contributed by atoms with Gasteiger partial charge in [-0.25, -0.2) is 4.98 Å². The second-order valence-electron chi connectivity index (χ2n) is 7.58. The molecule has 3 aromatic heterocycles. The van der Waals surface area contributed by atoms with E-state index in [0.29, 0.717) is 23.2 Å². The summed E-state index contributed by atoms with van der Waals surface area (Å²) in [6.07, 6.45) is 6.87. The van der Waals surface area contributed by atoms with E-state index < -0.39 is 0 Å². The maximum atomic E-state index is 6.25. The number of furan rings is 1. The lowest BCUT2D eigenvalue weighted by Crippen LogP contribution is -2.23. The summed E-state index contributed by atoms with van der Waals surface area (Å²) in [5, 5.41) is 4.41. The number of benzene rings is 1. The number of nitrogens with two attached hydrogens (primary N) is 1. The zero-order chi connectivity index (χ0) is 19.6. The molecule has 1 saturated heterocycles. The number of hydrogen-bond acceptors (Lipinski definition) is 6. The molecule has 1 aliphatic rings. The number of hydrogen-bond donors (Lipinski definition) is 1. The first kappa shape index (κ1) is 17.9. The van der Waals surface area contributed by atoms with Crippen LogP contribution in [0.1, 0.15) is 31.2 Å². The molecule has 7 nitrogen and oxygen atoms in total. The molecule has 4 aromatic rings. The molecule has 0 saturated carbocycles. The van der Waals surface area contributed by atoms with Crippen molar-refractivity contribution in [3.63, 3.8) is 0 Å². The van der Waals surface area contributed by atoms with Crippen molar-refractivity contribution in [1.82, 2.24) is 24.5 Å². The molecule has 0 amide bonds. The number of nitrogen functional groups attached to an aromatic ring is 1. The summed E-state index contributed by atoms with van der Waals surface area (Å²) in [6, 6.07) is 14.0. The normalized spacial score (nSPS) is 15.6. The van der Waals surface area contributed by atoms with Gasteiger partial charge in [-0.1, -0.05) is 31.0 Å². The highest BCUT2D eigenvalue weighted by Gasteiger charge is 2.14. The van der Waals surface area contributed by atoms with Gasteiger partial charge in [0.05, 0.1) is 12.0 Å². The molecule has 29 heavy (non-hydrogen) atoms. The summed E-state index contributed by atoms with van der Waals surface area (Å²) in [5.41, 5.74) is 9.37. The van der Waals surface area contributed by atoms with E-state index >= 15 is 0 Å². The van der Waals surface area contributed by atoms with Crippen LogP contribution in [-0.4, -0.2) is 37.6 Å². The fourth-order valence-electron chi connectivity index (χ4n) is 3.93. The summed E-state index contributed by atoms with van der Waals surface area (Å²) in [6.45, 7) is 3.33. The molecular formula is C22H24N6O. The lowest BCUT2D eigenvalue weighted by Gasteiger charge is -2.20. The average molecular weight is 388 g/mol. The van der Waals surface area contributed by atoms with Crippen LogP contribution >= 0.6 is 0 Å². The van der Waals surface area contributed by atoms with E-state index in [-0.39, 0.29) is 0 Å². The monoisotopic (exact) mass is 388 g/mol. The molecule has 1 aliphatic heterocycles. The Morgan fingerprint density at radius 3 is 2.62 bits per heavy atom. The fraction of sp³-hybridized carbons (Fsp3) is 0.318. The number of aromatic nitrogens is 4. The van der Waals surface area contributed by atoms with Gasteiger partial charge in [0.1, 0.15) is 5.82 Å². The molecule has 0 unspecified atom stereocenters. The van der Waals surface area contributed by atoms with Crippen LogP contribution in [0.4, 0.5) is 5.82 Å². The summed E-state index contributed by atoms with van der Waals surface area (Å²) in [4.78, 5) is 11.7. The smallest absolute Gasteiger partial charge is 0.255 e. The Hall–Kier alpha value is -3.19. The Bertz CT molecular complexity index is 1110. The largest absolute Gasteiger partial charge is 0.461 e. The Morgan fingerprint density at radius 2 is 1.83 bits per heavy atom. The minimum absolute atomic E-state index is 0.462. The SMILES string of the molecule is Nc1cc(-c2cccc(CN3CCCCCC3)c2)nc2nc(-c3ccco3)nn12. The zero-order valence-corrected chi connectivity index (χ0v) is 16.3. The Balaban J connectivity index is 1.45. The van der Waals surface area contributed by atoms with Crippen molar-refractivity contribution in [2.45, 2.75) is 32.2 Å². The van der Waals surface area contributed by atoms with Crippen LogP contribution in [0.5, 0.6) is 0 Å². The molecular weight excluding hydrogens is 364 g/mol. The highest BCUT2D eigenvalue weighted by atomic mass is 16.3. The van der Waals surface area contributed by atoms with Crippen LogP contribution < -0.4 is 5.73 Å². The van der Waals surface area contributed by atoms with Crippen molar-refractivity contribution in [3.05, 3.63) is 54.3 Å². The van der Waals surface area contributed by atoms with Gasteiger partial charge >= 0.3 is 0 Å². The molecule has 1 aromatic carbocycles. The minimum atomic E-state index is 0.462. The highest BCUT2D eigenvalue weighted by Crippen LogP contribution is 2.24. The third-order valence-corrected chi connectivity index (χ3v) is 5.41. The van der Waals surface area contributed by atoms with E-state index in [9.17, 15) is 0 Å². The van der Waals surface area contributed by atoms with Crippen molar-refractivity contribution in [2.75, 3.05) is 18.8 Å². The van der Waals surface area contributed by atoms with E-state index in [2.05, 4.69) is 39.2 Å². The van der Waals surface area contributed by atoms with Gasteiger partial charge in [-0.3, -0.25) is 4.90 Å². The van der Waals surface area contributed by atoms with Gasteiger partial charge in [0, 0.05) is 18.2 Å². The van der Waals surface area contributed by atoms with Gasteiger partial charge in [-0.2, -0.15) is 9.50 Å². The number of rotatable bonds is 4. The second-order valence-corrected chi connectivity index (χ2v) is 7.58. The summed E-state index contributed by atoms with van der Waals surface area (Å²) >= 11 is 0. The van der Waals surface area contributed by atoms with Crippen molar-refractivity contribution < 1.29 is 4.42 Å².